The number of carbonyl (C=O) groups is 2. The number of hydrogen-bond donors (Lipinski definition) is 1. The lowest BCUT2D eigenvalue weighted by Crippen LogP contribution is -2.49. The molecule has 24 heavy (non-hydrogen) atoms. The Labute approximate surface area is 141 Å². The molecule has 0 aromatic carbocycles. The smallest absolute Gasteiger partial charge is 0.250 e. The van der Waals surface area contributed by atoms with Gasteiger partial charge in [-0.1, -0.05) is 6.07 Å². The average Bonchev–Trinajstić information content (AvgIpc) is 2.53. The molecule has 2 aliphatic heterocycles. The van der Waals surface area contributed by atoms with Gasteiger partial charge in [0.05, 0.1) is 0 Å². The first-order chi connectivity index (χ1) is 11.4. The summed E-state index contributed by atoms with van der Waals surface area (Å²) < 4.78 is 1.86. The lowest BCUT2D eigenvalue weighted by molar-refractivity contribution is -0.136. The molecule has 2 aliphatic rings. The Kier molecular flexibility index (Phi) is 4.73. The monoisotopic (exact) mass is 331 g/mol. The second kappa shape index (κ2) is 6.79. The highest BCUT2D eigenvalue weighted by Crippen LogP contribution is 2.35. The number of nitrogens with one attached hydrogen (secondary N) is 1. The SMILES string of the molecule is CC(C)NC(=O)CCC(=O)N1CC2CC(C1)c1cccc(=O)n1C2. The summed E-state index contributed by atoms with van der Waals surface area (Å²) in [7, 11) is 0. The zero-order valence-corrected chi connectivity index (χ0v) is 14.3. The Hall–Kier alpha value is -2.11. The fourth-order valence-electron chi connectivity index (χ4n) is 3.87. The maximum absolute atomic E-state index is 12.5. The predicted molar refractivity (Wildman–Crippen MR) is 90.6 cm³/mol. The number of pyridine rings is 1. The van der Waals surface area contributed by atoms with Crippen LogP contribution in [0.25, 0.3) is 0 Å². The van der Waals surface area contributed by atoms with Crippen molar-refractivity contribution in [2.45, 2.75) is 51.6 Å². The minimum absolute atomic E-state index is 0.0373. The van der Waals surface area contributed by atoms with Crippen LogP contribution in [0.15, 0.2) is 23.0 Å². The fourth-order valence-corrected chi connectivity index (χ4v) is 3.87. The second-order valence-corrected chi connectivity index (χ2v) is 7.22. The number of carbonyl (C=O) groups excluding carboxylic acids is 2. The van der Waals surface area contributed by atoms with E-state index in [4.69, 9.17) is 0 Å². The van der Waals surface area contributed by atoms with E-state index in [0.717, 1.165) is 12.1 Å². The summed E-state index contributed by atoms with van der Waals surface area (Å²) in [6.07, 6.45) is 1.51. The van der Waals surface area contributed by atoms with Gasteiger partial charge < -0.3 is 14.8 Å². The summed E-state index contributed by atoms with van der Waals surface area (Å²) in [5.41, 5.74) is 1.08. The lowest BCUT2D eigenvalue weighted by Gasteiger charge is -2.42. The fraction of sp³-hybridized carbons (Fsp3) is 0.611. The number of piperidine rings is 1. The third-order valence-electron chi connectivity index (χ3n) is 4.85. The highest BCUT2D eigenvalue weighted by Gasteiger charge is 2.36. The van der Waals surface area contributed by atoms with Crippen LogP contribution in [0.5, 0.6) is 0 Å². The standard InChI is InChI=1S/C18H25N3O3/c1-12(2)19-16(22)6-7-17(23)20-9-13-8-14(11-20)15-4-3-5-18(24)21(15)10-13/h3-5,12-14H,6-11H2,1-2H3,(H,19,22). The van der Waals surface area contributed by atoms with Gasteiger partial charge >= 0.3 is 0 Å². The van der Waals surface area contributed by atoms with Gasteiger partial charge in [-0.2, -0.15) is 0 Å². The molecule has 1 aromatic heterocycles. The molecule has 6 heteroatoms. The van der Waals surface area contributed by atoms with Crippen molar-refractivity contribution in [3.63, 3.8) is 0 Å². The molecule has 1 fully saturated rings. The van der Waals surface area contributed by atoms with Gasteiger partial charge in [0, 0.05) is 56.2 Å². The van der Waals surface area contributed by atoms with Crippen molar-refractivity contribution in [2.75, 3.05) is 13.1 Å². The summed E-state index contributed by atoms with van der Waals surface area (Å²) in [5, 5.41) is 2.81. The molecule has 2 amide bonds. The van der Waals surface area contributed by atoms with Gasteiger partial charge in [-0.3, -0.25) is 14.4 Å². The Morgan fingerprint density at radius 3 is 2.75 bits per heavy atom. The summed E-state index contributed by atoms with van der Waals surface area (Å²) in [5.74, 6) is 0.507. The molecule has 2 unspecified atom stereocenters. The van der Waals surface area contributed by atoms with Gasteiger partial charge in [-0.25, -0.2) is 0 Å². The number of hydrogen-bond acceptors (Lipinski definition) is 3. The Morgan fingerprint density at radius 2 is 2.00 bits per heavy atom. The third kappa shape index (κ3) is 3.52. The van der Waals surface area contributed by atoms with Crippen molar-refractivity contribution in [3.05, 3.63) is 34.2 Å². The number of likely N-dealkylation sites (tertiary alicyclic amines) is 1. The van der Waals surface area contributed by atoms with Gasteiger partial charge in [0.2, 0.25) is 11.8 Å². The first-order valence-electron chi connectivity index (χ1n) is 8.71. The average molecular weight is 331 g/mol. The zero-order chi connectivity index (χ0) is 17.3. The minimum atomic E-state index is -0.0764. The van der Waals surface area contributed by atoms with Crippen molar-refractivity contribution >= 4 is 11.8 Å². The molecule has 6 nitrogen and oxygen atoms in total. The summed E-state index contributed by atoms with van der Waals surface area (Å²) in [6.45, 7) is 5.82. The molecule has 0 radical (unpaired) electrons. The van der Waals surface area contributed by atoms with Gasteiger partial charge in [0.1, 0.15) is 0 Å². The number of amides is 2. The van der Waals surface area contributed by atoms with Gasteiger partial charge in [-0.05, 0) is 32.3 Å². The van der Waals surface area contributed by atoms with E-state index in [1.807, 2.05) is 29.4 Å². The molecule has 0 saturated carbocycles. The van der Waals surface area contributed by atoms with Crippen molar-refractivity contribution in [1.29, 1.82) is 0 Å². The van der Waals surface area contributed by atoms with Crippen LogP contribution in [0.4, 0.5) is 0 Å². The van der Waals surface area contributed by atoms with Gasteiger partial charge in [-0.15, -0.1) is 0 Å². The highest BCUT2D eigenvalue weighted by molar-refractivity contribution is 5.84. The van der Waals surface area contributed by atoms with E-state index < -0.39 is 0 Å². The van der Waals surface area contributed by atoms with Crippen LogP contribution in [0, 0.1) is 5.92 Å². The number of fused-ring (bicyclic) bond motifs is 4. The molecular formula is C18H25N3O3. The van der Waals surface area contributed by atoms with E-state index in [1.54, 1.807) is 12.1 Å². The maximum atomic E-state index is 12.5. The normalized spacial score (nSPS) is 22.2. The molecular weight excluding hydrogens is 306 g/mol. The number of rotatable bonds is 4. The van der Waals surface area contributed by atoms with Crippen LogP contribution >= 0.6 is 0 Å². The van der Waals surface area contributed by atoms with Gasteiger partial charge in [0.15, 0.2) is 0 Å². The quantitative estimate of drug-likeness (QED) is 0.898. The van der Waals surface area contributed by atoms with Crippen molar-refractivity contribution in [2.24, 2.45) is 5.92 Å². The Bertz CT molecular complexity index is 695. The molecule has 3 rings (SSSR count). The number of nitrogens with zero attached hydrogens (tertiary/aromatic N) is 2. The topological polar surface area (TPSA) is 71.4 Å². The third-order valence-corrected chi connectivity index (χ3v) is 4.85. The molecule has 0 aliphatic carbocycles. The summed E-state index contributed by atoms with van der Waals surface area (Å²) in [6, 6.07) is 5.48. The van der Waals surface area contributed by atoms with E-state index in [9.17, 15) is 14.4 Å². The lowest BCUT2D eigenvalue weighted by atomic mass is 9.83. The van der Waals surface area contributed by atoms with Crippen LogP contribution in [-0.4, -0.2) is 40.4 Å². The van der Waals surface area contributed by atoms with E-state index >= 15 is 0 Å². The Balaban J connectivity index is 1.63. The Morgan fingerprint density at radius 1 is 1.21 bits per heavy atom. The maximum Gasteiger partial charge on any atom is 0.250 e. The number of aromatic nitrogens is 1. The van der Waals surface area contributed by atoms with Crippen LogP contribution in [0.2, 0.25) is 0 Å². The zero-order valence-electron chi connectivity index (χ0n) is 14.3. The molecule has 1 aromatic rings. The van der Waals surface area contributed by atoms with Gasteiger partial charge in [0.25, 0.3) is 5.56 Å². The van der Waals surface area contributed by atoms with Crippen LogP contribution in [0.3, 0.4) is 0 Å². The van der Waals surface area contributed by atoms with Crippen LogP contribution < -0.4 is 10.9 Å². The molecule has 1 N–H and O–H groups in total. The first-order valence-corrected chi connectivity index (χ1v) is 8.71. The van der Waals surface area contributed by atoms with E-state index in [2.05, 4.69) is 5.32 Å². The molecule has 2 bridgehead atoms. The van der Waals surface area contributed by atoms with E-state index in [0.29, 0.717) is 25.6 Å². The molecule has 0 spiro atoms. The first kappa shape index (κ1) is 16.7. The van der Waals surface area contributed by atoms with E-state index in [-0.39, 0.29) is 42.2 Å². The molecule has 3 heterocycles. The largest absolute Gasteiger partial charge is 0.354 e. The minimum Gasteiger partial charge on any atom is -0.354 e. The second-order valence-electron chi connectivity index (χ2n) is 7.22. The van der Waals surface area contributed by atoms with Crippen LogP contribution in [0.1, 0.15) is 44.7 Å². The molecule has 1 saturated heterocycles. The van der Waals surface area contributed by atoms with Crippen molar-refractivity contribution in [1.82, 2.24) is 14.8 Å². The van der Waals surface area contributed by atoms with E-state index in [1.165, 1.54) is 0 Å². The molecule has 130 valence electrons. The summed E-state index contributed by atoms with van der Waals surface area (Å²) >= 11 is 0. The van der Waals surface area contributed by atoms with Crippen molar-refractivity contribution in [3.8, 4) is 0 Å². The van der Waals surface area contributed by atoms with Crippen LogP contribution in [-0.2, 0) is 16.1 Å². The summed E-state index contributed by atoms with van der Waals surface area (Å²) in [4.78, 5) is 38.1. The highest BCUT2D eigenvalue weighted by atomic mass is 16.2. The molecule has 2 atom stereocenters. The predicted octanol–water partition coefficient (Wildman–Crippen LogP) is 1.10. The van der Waals surface area contributed by atoms with Crippen molar-refractivity contribution < 1.29 is 9.59 Å².